The molecule has 0 saturated carbocycles. The molecule has 176 valence electrons. The van der Waals surface area contributed by atoms with E-state index in [9.17, 15) is 23.1 Å². The number of anilines is 1. The molecule has 0 aliphatic carbocycles. The van der Waals surface area contributed by atoms with Crippen LogP contribution < -0.4 is 10.6 Å². The first-order chi connectivity index (χ1) is 16.7. The highest BCUT2D eigenvalue weighted by Gasteiger charge is 2.31. The number of thiazole rings is 1. The molecule has 1 aliphatic rings. The second-order valence-electron chi connectivity index (χ2n) is 7.64. The van der Waals surface area contributed by atoms with Crippen molar-refractivity contribution in [2.45, 2.75) is 16.3 Å². The standard InChI is InChI=1S/C24H16ClN3O5S2/c25-18-10-14(29)6-7-16(18)24-27-12-15(34-24)11-26-22(30)13-5-8-21-19(9-13)28-23(31)17-3-1-2-4-20(17)35(21,32)33/h1-10,12,29H,11H2,(H,26,30)(H,28,31). The Kier molecular flexibility index (Phi) is 5.79. The third-order valence-electron chi connectivity index (χ3n) is 5.36. The molecule has 4 aromatic rings. The summed E-state index contributed by atoms with van der Waals surface area (Å²) in [4.78, 5) is 30.3. The van der Waals surface area contributed by atoms with Crippen LogP contribution in [0.1, 0.15) is 25.6 Å². The summed E-state index contributed by atoms with van der Waals surface area (Å²) in [5.41, 5.74) is 0.942. The van der Waals surface area contributed by atoms with Gasteiger partial charge in [0.15, 0.2) is 0 Å². The zero-order valence-electron chi connectivity index (χ0n) is 17.8. The van der Waals surface area contributed by atoms with Crippen molar-refractivity contribution in [1.82, 2.24) is 10.3 Å². The van der Waals surface area contributed by atoms with Gasteiger partial charge in [-0.05, 0) is 48.5 Å². The van der Waals surface area contributed by atoms with Crippen molar-refractivity contribution in [3.8, 4) is 16.3 Å². The molecule has 0 unspecified atom stereocenters. The number of hydrogen-bond donors (Lipinski definition) is 3. The van der Waals surface area contributed by atoms with E-state index in [1.165, 1.54) is 53.8 Å². The van der Waals surface area contributed by atoms with E-state index in [0.717, 1.165) is 4.88 Å². The Hall–Kier alpha value is -3.73. The number of hydrogen-bond acceptors (Lipinski definition) is 7. The lowest BCUT2D eigenvalue weighted by Crippen LogP contribution is -2.22. The molecule has 3 aromatic carbocycles. The van der Waals surface area contributed by atoms with Gasteiger partial charge in [-0.2, -0.15) is 0 Å². The molecule has 0 radical (unpaired) electrons. The average Bonchev–Trinajstić information content (AvgIpc) is 3.28. The largest absolute Gasteiger partial charge is 0.508 e. The Labute approximate surface area is 209 Å². The van der Waals surface area contributed by atoms with Crippen molar-refractivity contribution in [3.05, 3.63) is 87.9 Å². The maximum absolute atomic E-state index is 13.1. The van der Waals surface area contributed by atoms with E-state index in [4.69, 9.17) is 11.6 Å². The maximum atomic E-state index is 13.1. The van der Waals surface area contributed by atoms with E-state index < -0.39 is 21.7 Å². The van der Waals surface area contributed by atoms with Crippen LogP contribution in [0.5, 0.6) is 5.75 Å². The molecule has 0 spiro atoms. The smallest absolute Gasteiger partial charge is 0.257 e. The van der Waals surface area contributed by atoms with Gasteiger partial charge in [-0.3, -0.25) is 9.59 Å². The topological polar surface area (TPSA) is 125 Å². The number of sulfone groups is 1. The molecule has 0 saturated heterocycles. The molecule has 1 aliphatic heterocycles. The lowest BCUT2D eigenvalue weighted by atomic mass is 10.1. The quantitative estimate of drug-likeness (QED) is 0.360. The molecule has 35 heavy (non-hydrogen) atoms. The van der Waals surface area contributed by atoms with Gasteiger partial charge in [0.05, 0.1) is 32.6 Å². The zero-order valence-corrected chi connectivity index (χ0v) is 20.2. The molecule has 5 rings (SSSR count). The highest BCUT2D eigenvalue weighted by Crippen LogP contribution is 2.35. The third-order valence-corrected chi connectivity index (χ3v) is 8.57. The van der Waals surface area contributed by atoms with Crippen LogP contribution in [-0.4, -0.2) is 30.3 Å². The normalized spacial score (nSPS) is 13.8. The lowest BCUT2D eigenvalue weighted by Gasteiger charge is -2.10. The summed E-state index contributed by atoms with van der Waals surface area (Å²) < 4.78 is 26.2. The minimum atomic E-state index is -3.95. The number of nitrogens with one attached hydrogen (secondary N) is 2. The van der Waals surface area contributed by atoms with Gasteiger partial charge in [0.2, 0.25) is 9.84 Å². The first-order valence-corrected chi connectivity index (χ1v) is 12.9. The van der Waals surface area contributed by atoms with Crippen molar-refractivity contribution in [2.24, 2.45) is 0 Å². The number of carbonyl (C=O) groups excluding carboxylic acids is 2. The summed E-state index contributed by atoms with van der Waals surface area (Å²) >= 11 is 7.51. The second kappa shape index (κ2) is 8.81. The van der Waals surface area contributed by atoms with Gasteiger partial charge in [-0.25, -0.2) is 13.4 Å². The summed E-state index contributed by atoms with van der Waals surface area (Å²) in [7, 11) is -3.95. The number of benzene rings is 3. The summed E-state index contributed by atoms with van der Waals surface area (Å²) in [5, 5.41) is 15.9. The van der Waals surface area contributed by atoms with E-state index >= 15 is 0 Å². The Morgan fingerprint density at radius 1 is 1.06 bits per heavy atom. The Morgan fingerprint density at radius 2 is 1.86 bits per heavy atom. The number of phenols is 1. The Balaban J connectivity index is 1.36. The number of amides is 2. The minimum Gasteiger partial charge on any atom is -0.508 e. The average molecular weight is 526 g/mol. The van der Waals surface area contributed by atoms with E-state index in [-0.39, 0.29) is 38.9 Å². The van der Waals surface area contributed by atoms with E-state index in [2.05, 4.69) is 15.6 Å². The second-order valence-corrected chi connectivity index (χ2v) is 11.1. The van der Waals surface area contributed by atoms with Crippen LogP contribution in [0, 0.1) is 0 Å². The lowest BCUT2D eigenvalue weighted by molar-refractivity contribution is 0.0949. The van der Waals surface area contributed by atoms with E-state index in [1.807, 2.05) is 0 Å². The van der Waals surface area contributed by atoms with Crippen LogP contribution in [0.2, 0.25) is 5.02 Å². The zero-order chi connectivity index (χ0) is 24.7. The number of rotatable bonds is 4. The van der Waals surface area contributed by atoms with Gasteiger partial charge in [0.25, 0.3) is 11.8 Å². The predicted molar refractivity (Wildman–Crippen MR) is 132 cm³/mol. The van der Waals surface area contributed by atoms with E-state index in [0.29, 0.717) is 15.6 Å². The summed E-state index contributed by atoms with van der Waals surface area (Å²) in [6.45, 7) is 0.180. The fraction of sp³-hybridized carbons (Fsp3) is 0.0417. The van der Waals surface area contributed by atoms with Crippen molar-refractivity contribution in [2.75, 3.05) is 5.32 Å². The van der Waals surface area contributed by atoms with Crippen molar-refractivity contribution in [3.63, 3.8) is 0 Å². The minimum absolute atomic E-state index is 0.0425. The highest BCUT2D eigenvalue weighted by atomic mass is 35.5. The molecule has 3 N–H and O–H groups in total. The summed E-state index contributed by atoms with van der Waals surface area (Å²) in [6.07, 6.45) is 1.62. The number of fused-ring (bicyclic) bond motifs is 2. The fourth-order valence-corrected chi connectivity index (χ4v) is 6.46. The predicted octanol–water partition coefficient (Wildman–Crippen LogP) is 4.50. The molecule has 8 nitrogen and oxygen atoms in total. The van der Waals surface area contributed by atoms with Gasteiger partial charge in [0, 0.05) is 22.2 Å². The maximum Gasteiger partial charge on any atom is 0.257 e. The Morgan fingerprint density at radius 3 is 2.66 bits per heavy atom. The van der Waals surface area contributed by atoms with Crippen molar-refractivity contribution in [1.29, 1.82) is 0 Å². The van der Waals surface area contributed by atoms with E-state index in [1.54, 1.807) is 24.4 Å². The van der Waals surface area contributed by atoms with Crippen molar-refractivity contribution >= 4 is 50.3 Å². The highest BCUT2D eigenvalue weighted by molar-refractivity contribution is 7.91. The van der Waals surface area contributed by atoms with Crippen LogP contribution >= 0.6 is 22.9 Å². The van der Waals surface area contributed by atoms with Crippen molar-refractivity contribution < 1.29 is 23.1 Å². The number of phenolic OH excluding ortho intramolecular Hbond substituents is 1. The SMILES string of the molecule is O=C(NCc1cnc(-c2ccc(O)cc2Cl)s1)c1ccc2c(c1)NC(=O)c1ccccc1S2(=O)=O. The van der Waals surface area contributed by atoms with Gasteiger partial charge in [-0.15, -0.1) is 11.3 Å². The van der Waals surface area contributed by atoms with Crippen LogP contribution in [0.15, 0.2) is 76.7 Å². The van der Waals surface area contributed by atoms with Gasteiger partial charge in [-0.1, -0.05) is 23.7 Å². The van der Waals surface area contributed by atoms with Crippen LogP contribution in [0.25, 0.3) is 10.6 Å². The molecule has 2 amide bonds. The fourth-order valence-electron chi connectivity index (χ4n) is 3.66. The first-order valence-electron chi connectivity index (χ1n) is 10.3. The Bertz CT molecular complexity index is 1620. The molecular weight excluding hydrogens is 510 g/mol. The number of aromatic nitrogens is 1. The molecule has 0 bridgehead atoms. The molecular formula is C24H16ClN3O5S2. The monoisotopic (exact) mass is 525 g/mol. The third kappa shape index (κ3) is 4.27. The van der Waals surface area contributed by atoms with Gasteiger partial charge in [0.1, 0.15) is 10.8 Å². The number of halogens is 1. The molecule has 2 heterocycles. The molecule has 1 aromatic heterocycles. The molecule has 0 fully saturated rings. The molecule has 11 heteroatoms. The van der Waals surface area contributed by atoms with Crippen LogP contribution in [-0.2, 0) is 16.4 Å². The first kappa shape index (κ1) is 23.0. The van der Waals surface area contributed by atoms with Crippen LogP contribution in [0.3, 0.4) is 0 Å². The summed E-state index contributed by atoms with van der Waals surface area (Å²) in [6, 6.07) is 14.6. The van der Waals surface area contributed by atoms with Gasteiger partial charge >= 0.3 is 0 Å². The molecule has 0 atom stereocenters. The van der Waals surface area contributed by atoms with Gasteiger partial charge < -0.3 is 15.7 Å². The van der Waals surface area contributed by atoms with Crippen LogP contribution in [0.4, 0.5) is 5.69 Å². The number of nitrogens with zero attached hydrogens (tertiary/aromatic N) is 1. The number of aromatic hydroxyl groups is 1. The summed E-state index contributed by atoms with van der Waals surface area (Å²) in [5.74, 6) is -0.958. The number of carbonyl (C=O) groups is 2.